The number of benzene rings is 1. The molecule has 2 amide bonds. The van der Waals surface area contributed by atoms with E-state index in [2.05, 4.69) is 0 Å². The second-order valence-electron chi connectivity index (χ2n) is 6.53. The average Bonchev–Trinajstić information content (AvgIpc) is 2.88. The zero-order valence-electron chi connectivity index (χ0n) is 14.4. The van der Waals surface area contributed by atoms with Crippen molar-refractivity contribution in [3.05, 3.63) is 41.1 Å². The van der Waals surface area contributed by atoms with Crippen LogP contribution < -0.4 is 0 Å². The lowest BCUT2D eigenvalue weighted by atomic mass is 9.78. The summed E-state index contributed by atoms with van der Waals surface area (Å²) in [6, 6.07) is 6.29. The summed E-state index contributed by atoms with van der Waals surface area (Å²) >= 11 is 0. The summed E-state index contributed by atoms with van der Waals surface area (Å²) in [5.74, 6) is -0.167. The van der Waals surface area contributed by atoms with Crippen LogP contribution >= 0.6 is 0 Å². The van der Waals surface area contributed by atoms with Gasteiger partial charge in [-0.05, 0) is 37.5 Å². The molecule has 1 aliphatic heterocycles. The van der Waals surface area contributed by atoms with Crippen molar-refractivity contribution in [1.29, 1.82) is 0 Å². The van der Waals surface area contributed by atoms with Crippen molar-refractivity contribution >= 4 is 22.0 Å². The Balaban J connectivity index is 1.90. The highest BCUT2D eigenvalue weighted by molar-refractivity contribution is 7.89. The number of ether oxygens (including phenoxy) is 1. The molecule has 0 aromatic heterocycles. The van der Waals surface area contributed by atoms with E-state index in [1.54, 1.807) is 26.2 Å². The molecule has 1 heterocycles. The quantitative estimate of drug-likeness (QED) is 0.818. The van der Waals surface area contributed by atoms with Gasteiger partial charge in [-0.1, -0.05) is 17.7 Å². The lowest BCUT2D eigenvalue weighted by molar-refractivity contribution is -0.134. The van der Waals surface area contributed by atoms with Crippen molar-refractivity contribution in [2.24, 2.45) is 5.92 Å². The van der Waals surface area contributed by atoms with Crippen molar-refractivity contribution in [2.45, 2.75) is 24.7 Å². The molecule has 0 spiro atoms. The topological polar surface area (TPSA) is 84.0 Å². The molecule has 1 aromatic rings. The largest absolute Gasteiger partial charge is 0.442 e. The smallest absolute Gasteiger partial charge is 0.428 e. The highest BCUT2D eigenvalue weighted by Crippen LogP contribution is 2.40. The van der Waals surface area contributed by atoms with Crippen LogP contribution in [-0.4, -0.2) is 50.3 Å². The van der Waals surface area contributed by atoms with Crippen molar-refractivity contribution in [2.75, 3.05) is 20.7 Å². The van der Waals surface area contributed by atoms with E-state index in [0.29, 0.717) is 18.5 Å². The first-order chi connectivity index (χ1) is 11.7. The Hall–Kier alpha value is -2.35. The Morgan fingerprint density at radius 3 is 2.36 bits per heavy atom. The number of sulfonamides is 1. The molecule has 25 heavy (non-hydrogen) atoms. The van der Waals surface area contributed by atoms with Gasteiger partial charge in [0.15, 0.2) is 0 Å². The molecule has 2 fully saturated rings. The van der Waals surface area contributed by atoms with Gasteiger partial charge in [-0.25, -0.2) is 13.2 Å². The molecule has 1 aromatic carbocycles. The summed E-state index contributed by atoms with van der Waals surface area (Å²) in [6.45, 7) is 1.77. The third-order valence-corrected chi connectivity index (χ3v) is 6.20. The number of hydrogen-bond donors (Lipinski definition) is 0. The van der Waals surface area contributed by atoms with Crippen molar-refractivity contribution in [1.82, 2.24) is 9.21 Å². The van der Waals surface area contributed by atoms with E-state index in [0.717, 1.165) is 15.4 Å². The van der Waals surface area contributed by atoms with Gasteiger partial charge in [-0.15, -0.1) is 0 Å². The second-order valence-corrected chi connectivity index (χ2v) is 8.31. The molecule has 0 radical (unpaired) electrons. The number of rotatable bonds is 3. The van der Waals surface area contributed by atoms with Crippen LogP contribution in [0.5, 0.6) is 0 Å². The second kappa shape index (κ2) is 6.18. The minimum absolute atomic E-state index is 0.00235. The molecule has 134 valence electrons. The van der Waals surface area contributed by atoms with E-state index in [-0.39, 0.29) is 23.3 Å². The van der Waals surface area contributed by atoms with Crippen LogP contribution in [0, 0.1) is 12.8 Å². The van der Waals surface area contributed by atoms with Crippen molar-refractivity contribution in [3.8, 4) is 0 Å². The monoisotopic (exact) mass is 364 g/mol. The molecule has 0 bridgehead atoms. The maximum absolute atomic E-state index is 12.9. The summed E-state index contributed by atoms with van der Waals surface area (Å²) in [5, 5.41) is 0. The SMILES string of the molecule is Cc1ccc(S(=O)(=O)N2C(=O)OCC2=C2CC(C(=O)N(C)C)C2)cc1. The molecule has 0 atom stereocenters. The molecule has 1 saturated carbocycles. The molecule has 0 unspecified atom stereocenters. The Morgan fingerprint density at radius 1 is 1.20 bits per heavy atom. The van der Waals surface area contributed by atoms with E-state index in [1.165, 1.54) is 17.0 Å². The van der Waals surface area contributed by atoms with Crippen LogP contribution in [-0.2, 0) is 19.6 Å². The van der Waals surface area contributed by atoms with Gasteiger partial charge < -0.3 is 9.64 Å². The zero-order valence-corrected chi connectivity index (χ0v) is 15.2. The van der Waals surface area contributed by atoms with Crippen LogP contribution in [0.4, 0.5) is 4.79 Å². The van der Waals surface area contributed by atoms with Gasteiger partial charge in [0, 0.05) is 20.0 Å². The lowest BCUT2D eigenvalue weighted by Gasteiger charge is -2.32. The van der Waals surface area contributed by atoms with Crippen LogP contribution in [0.25, 0.3) is 0 Å². The van der Waals surface area contributed by atoms with Gasteiger partial charge >= 0.3 is 6.09 Å². The number of amides is 2. The molecule has 0 N–H and O–H groups in total. The van der Waals surface area contributed by atoms with Crippen LogP contribution in [0.3, 0.4) is 0 Å². The third kappa shape index (κ3) is 3.02. The van der Waals surface area contributed by atoms with Gasteiger partial charge in [0.05, 0.1) is 10.6 Å². The summed E-state index contributed by atoms with van der Waals surface area (Å²) in [5.41, 5.74) is 2.04. The normalized spacial score (nSPS) is 20.4. The van der Waals surface area contributed by atoms with E-state index in [1.807, 2.05) is 6.92 Å². The number of aryl methyl sites for hydroxylation is 1. The number of nitrogens with zero attached hydrogens (tertiary/aromatic N) is 2. The first-order valence-corrected chi connectivity index (χ1v) is 9.36. The molecule has 1 saturated heterocycles. The fraction of sp³-hybridized carbons (Fsp3) is 0.412. The highest BCUT2D eigenvalue weighted by atomic mass is 32.2. The molecular weight excluding hydrogens is 344 g/mol. The Bertz CT molecular complexity index is 848. The average molecular weight is 364 g/mol. The predicted molar refractivity (Wildman–Crippen MR) is 90.0 cm³/mol. The standard InChI is InChI=1S/C17H20N2O5S/c1-11-4-6-14(7-5-11)25(22,23)19-15(10-24-17(19)21)12-8-13(9-12)16(20)18(2)3/h4-7,13H,8-10H2,1-3H3. The Kier molecular flexibility index (Phi) is 4.32. The summed E-state index contributed by atoms with van der Waals surface area (Å²) < 4.78 is 31.4. The molecule has 8 heteroatoms. The van der Waals surface area contributed by atoms with Gasteiger partial charge in [0.25, 0.3) is 10.0 Å². The zero-order chi connectivity index (χ0) is 18.4. The van der Waals surface area contributed by atoms with Crippen molar-refractivity contribution in [3.63, 3.8) is 0 Å². The summed E-state index contributed by atoms with van der Waals surface area (Å²) in [7, 11) is -0.655. The number of hydrogen-bond acceptors (Lipinski definition) is 5. The number of allylic oxidation sites excluding steroid dienone is 1. The predicted octanol–water partition coefficient (Wildman–Crippen LogP) is 1.89. The molecule has 2 aliphatic rings. The first kappa shape index (κ1) is 17.5. The minimum Gasteiger partial charge on any atom is -0.442 e. The van der Waals surface area contributed by atoms with Crippen LogP contribution in [0.2, 0.25) is 0 Å². The summed E-state index contributed by atoms with van der Waals surface area (Å²) in [4.78, 5) is 25.6. The van der Waals surface area contributed by atoms with Gasteiger partial charge in [0.1, 0.15) is 6.61 Å². The van der Waals surface area contributed by atoms with Crippen molar-refractivity contribution < 1.29 is 22.7 Å². The van der Waals surface area contributed by atoms with E-state index in [9.17, 15) is 18.0 Å². The number of carbonyl (C=O) groups excluding carboxylic acids is 2. The lowest BCUT2D eigenvalue weighted by Crippen LogP contribution is -2.37. The van der Waals surface area contributed by atoms with E-state index >= 15 is 0 Å². The third-order valence-electron chi connectivity index (χ3n) is 4.49. The fourth-order valence-corrected chi connectivity index (χ4v) is 4.38. The Morgan fingerprint density at radius 2 is 1.80 bits per heavy atom. The highest BCUT2D eigenvalue weighted by Gasteiger charge is 2.44. The first-order valence-electron chi connectivity index (χ1n) is 7.92. The minimum atomic E-state index is -4.02. The fourth-order valence-electron chi connectivity index (χ4n) is 2.97. The molecule has 1 aliphatic carbocycles. The molecule has 7 nitrogen and oxygen atoms in total. The summed E-state index contributed by atoms with van der Waals surface area (Å²) in [6.07, 6.45) is -0.00307. The molecular formula is C17H20N2O5S. The van der Waals surface area contributed by atoms with E-state index in [4.69, 9.17) is 4.74 Å². The van der Waals surface area contributed by atoms with Gasteiger partial charge in [0.2, 0.25) is 5.91 Å². The maximum Gasteiger partial charge on any atom is 0.428 e. The van der Waals surface area contributed by atoms with Crippen LogP contribution in [0.1, 0.15) is 18.4 Å². The molecule has 3 rings (SSSR count). The van der Waals surface area contributed by atoms with E-state index < -0.39 is 16.1 Å². The van der Waals surface area contributed by atoms with Crippen LogP contribution in [0.15, 0.2) is 40.4 Å². The van der Waals surface area contributed by atoms with Gasteiger partial charge in [-0.2, -0.15) is 4.31 Å². The van der Waals surface area contributed by atoms with Gasteiger partial charge in [-0.3, -0.25) is 4.79 Å². The maximum atomic E-state index is 12.9. The number of carbonyl (C=O) groups is 2. The number of cyclic esters (lactones) is 1. The Labute approximate surface area is 146 Å².